The first kappa shape index (κ1) is 18.3. The van der Waals surface area contributed by atoms with Crippen molar-refractivity contribution < 1.29 is 18.0 Å². The van der Waals surface area contributed by atoms with Crippen molar-refractivity contribution in [3.8, 4) is 0 Å². The lowest BCUT2D eigenvalue weighted by Gasteiger charge is -2.27. The van der Waals surface area contributed by atoms with E-state index in [4.69, 9.17) is 0 Å². The number of nitrogens with zero attached hydrogens (tertiary/aromatic N) is 2. The Hall–Kier alpha value is -1.49. The van der Waals surface area contributed by atoms with Gasteiger partial charge in [-0.1, -0.05) is 6.07 Å². The van der Waals surface area contributed by atoms with E-state index >= 15 is 0 Å². The molecule has 25 heavy (non-hydrogen) atoms. The van der Waals surface area contributed by atoms with Gasteiger partial charge in [0.25, 0.3) is 5.91 Å². The SMILES string of the molecule is Cc1ccc(NC(=O)C2=NN(C3CCS(=O)(=O)C3)C(=O)CC2)cc1I. The fourth-order valence-electron chi connectivity index (χ4n) is 2.86. The number of sulfone groups is 1. The summed E-state index contributed by atoms with van der Waals surface area (Å²) < 4.78 is 24.3. The Morgan fingerprint density at radius 1 is 1.36 bits per heavy atom. The van der Waals surface area contributed by atoms with Crippen LogP contribution in [0.4, 0.5) is 5.69 Å². The second-order valence-corrected chi connectivity index (χ2v) is 9.65. The van der Waals surface area contributed by atoms with Crippen LogP contribution in [-0.4, -0.2) is 48.5 Å². The number of anilines is 1. The number of amides is 2. The van der Waals surface area contributed by atoms with E-state index < -0.39 is 15.9 Å². The number of nitrogens with one attached hydrogen (secondary N) is 1. The number of benzene rings is 1. The average molecular weight is 475 g/mol. The summed E-state index contributed by atoms with van der Waals surface area (Å²) in [6.45, 7) is 1.98. The van der Waals surface area contributed by atoms with E-state index in [-0.39, 0.29) is 41.9 Å². The summed E-state index contributed by atoms with van der Waals surface area (Å²) in [6, 6.07) is 5.12. The zero-order chi connectivity index (χ0) is 18.2. The standard InChI is InChI=1S/C16H18IN3O4S/c1-10-2-3-11(8-13(10)17)18-16(22)14-4-5-15(21)20(19-14)12-6-7-25(23,24)9-12/h2-3,8,12H,4-7,9H2,1H3,(H,18,22). The van der Waals surface area contributed by atoms with Gasteiger partial charge in [-0.15, -0.1) is 0 Å². The molecule has 1 aromatic rings. The zero-order valence-electron chi connectivity index (χ0n) is 13.7. The van der Waals surface area contributed by atoms with Gasteiger partial charge in [0.05, 0.1) is 17.5 Å². The summed E-state index contributed by atoms with van der Waals surface area (Å²) in [5, 5.41) is 8.16. The molecule has 1 unspecified atom stereocenters. The van der Waals surface area contributed by atoms with Gasteiger partial charge in [-0.05, 0) is 53.6 Å². The van der Waals surface area contributed by atoms with Crippen molar-refractivity contribution in [1.82, 2.24) is 5.01 Å². The number of hydrazone groups is 1. The van der Waals surface area contributed by atoms with E-state index in [1.807, 2.05) is 25.1 Å². The Morgan fingerprint density at radius 3 is 2.76 bits per heavy atom. The van der Waals surface area contributed by atoms with Crippen LogP contribution in [0.25, 0.3) is 0 Å². The predicted octanol–water partition coefficient (Wildman–Crippen LogP) is 1.70. The highest BCUT2D eigenvalue weighted by Gasteiger charge is 2.37. The molecule has 7 nitrogen and oxygen atoms in total. The van der Waals surface area contributed by atoms with Crippen molar-refractivity contribution >= 4 is 55.6 Å². The van der Waals surface area contributed by atoms with Crippen LogP contribution in [0, 0.1) is 10.5 Å². The maximum atomic E-state index is 12.5. The normalized spacial score (nSPS) is 22.6. The van der Waals surface area contributed by atoms with Gasteiger partial charge in [0.1, 0.15) is 5.71 Å². The number of carbonyl (C=O) groups is 2. The fraction of sp³-hybridized carbons (Fsp3) is 0.438. The molecule has 0 bridgehead atoms. The highest BCUT2D eigenvalue weighted by molar-refractivity contribution is 14.1. The number of halogens is 1. The molecule has 2 aliphatic rings. The topological polar surface area (TPSA) is 95.9 Å². The molecule has 0 spiro atoms. The van der Waals surface area contributed by atoms with Gasteiger partial charge in [-0.2, -0.15) is 5.10 Å². The molecule has 0 aromatic heterocycles. The largest absolute Gasteiger partial charge is 0.321 e. The Morgan fingerprint density at radius 2 is 2.12 bits per heavy atom. The van der Waals surface area contributed by atoms with Crippen LogP contribution in [0.1, 0.15) is 24.8 Å². The predicted molar refractivity (Wildman–Crippen MR) is 103 cm³/mol. The third kappa shape index (κ3) is 4.20. The average Bonchev–Trinajstić information content (AvgIpc) is 2.91. The smallest absolute Gasteiger partial charge is 0.271 e. The van der Waals surface area contributed by atoms with Gasteiger partial charge >= 0.3 is 0 Å². The molecule has 9 heteroatoms. The van der Waals surface area contributed by atoms with Gasteiger partial charge in [0.2, 0.25) is 5.91 Å². The van der Waals surface area contributed by atoms with Gasteiger partial charge in [0.15, 0.2) is 9.84 Å². The first-order valence-corrected chi connectivity index (χ1v) is 10.8. The monoisotopic (exact) mass is 475 g/mol. The van der Waals surface area contributed by atoms with Crippen molar-refractivity contribution in [3.05, 3.63) is 27.3 Å². The van der Waals surface area contributed by atoms with E-state index in [2.05, 4.69) is 33.0 Å². The van der Waals surface area contributed by atoms with Crippen molar-refractivity contribution in [2.24, 2.45) is 5.10 Å². The molecule has 1 atom stereocenters. The summed E-state index contributed by atoms with van der Waals surface area (Å²) in [6.07, 6.45) is 0.778. The van der Waals surface area contributed by atoms with Gasteiger partial charge < -0.3 is 5.32 Å². The Labute approximate surface area is 159 Å². The van der Waals surface area contributed by atoms with Gasteiger partial charge in [-0.3, -0.25) is 9.59 Å². The van der Waals surface area contributed by atoms with Crippen LogP contribution >= 0.6 is 22.6 Å². The molecule has 2 amide bonds. The van der Waals surface area contributed by atoms with E-state index in [0.29, 0.717) is 12.1 Å². The minimum Gasteiger partial charge on any atom is -0.321 e. The summed E-state index contributed by atoms with van der Waals surface area (Å²) in [5.74, 6) is -0.630. The molecule has 1 fully saturated rings. The fourth-order valence-corrected chi connectivity index (χ4v) is 5.07. The molecule has 134 valence electrons. The second-order valence-electron chi connectivity index (χ2n) is 6.26. The molecular weight excluding hydrogens is 457 g/mol. The third-order valence-electron chi connectivity index (χ3n) is 4.31. The Balaban J connectivity index is 1.76. The molecule has 1 N–H and O–H groups in total. The molecule has 1 saturated heterocycles. The van der Waals surface area contributed by atoms with E-state index in [1.54, 1.807) is 0 Å². The summed E-state index contributed by atoms with van der Waals surface area (Å²) in [5.41, 5.74) is 2.03. The Bertz CT molecular complexity index is 866. The first-order chi connectivity index (χ1) is 11.7. The lowest BCUT2D eigenvalue weighted by atomic mass is 10.1. The third-order valence-corrected chi connectivity index (χ3v) is 7.22. The molecule has 0 radical (unpaired) electrons. The van der Waals surface area contributed by atoms with Crippen molar-refractivity contribution in [2.45, 2.75) is 32.2 Å². The van der Waals surface area contributed by atoms with Gasteiger partial charge in [0, 0.05) is 22.1 Å². The van der Waals surface area contributed by atoms with Gasteiger partial charge in [-0.25, -0.2) is 13.4 Å². The number of aryl methyl sites for hydroxylation is 1. The summed E-state index contributed by atoms with van der Waals surface area (Å²) in [7, 11) is -3.13. The van der Waals surface area contributed by atoms with E-state index in [9.17, 15) is 18.0 Å². The number of carbonyl (C=O) groups excluding carboxylic acids is 2. The van der Waals surface area contributed by atoms with E-state index in [1.165, 1.54) is 5.01 Å². The van der Waals surface area contributed by atoms with Crippen LogP contribution in [-0.2, 0) is 19.4 Å². The van der Waals surface area contributed by atoms with Crippen LogP contribution in [0.3, 0.4) is 0 Å². The minimum atomic E-state index is -3.13. The molecule has 3 rings (SSSR count). The summed E-state index contributed by atoms with van der Waals surface area (Å²) in [4.78, 5) is 24.5. The van der Waals surface area contributed by atoms with Crippen molar-refractivity contribution in [3.63, 3.8) is 0 Å². The molecule has 1 aromatic carbocycles. The first-order valence-electron chi connectivity index (χ1n) is 7.92. The molecular formula is C16H18IN3O4S. The maximum absolute atomic E-state index is 12.5. The molecule has 0 aliphatic carbocycles. The number of hydrogen-bond donors (Lipinski definition) is 1. The highest BCUT2D eigenvalue weighted by Crippen LogP contribution is 2.23. The lowest BCUT2D eigenvalue weighted by molar-refractivity contribution is -0.133. The van der Waals surface area contributed by atoms with Crippen molar-refractivity contribution in [2.75, 3.05) is 16.8 Å². The number of hydrogen-bond acceptors (Lipinski definition) is 5. The quantitative estimate of drug-likeness (QED) is 0.674. The molecule has 0 saturated carbocycles. The van der Waals surface area contributed by atoms with Crippen LogP contribution in [0.5, 0.6) is 0 Å². The number of rotatable bonds is 3. The van der Waals surface area contributed by atoms with Crippen molar-refractivity contribution in [1.29, 1.82) is 0 Å². The summed E-state index contributed by atoms with van der Waals surface area (Å²) >= 11 is 2.19. The Kier molecular flexibility index (Phi) is 5.14. The second kappa shape index (κ2) is 7.02. The van der Waals surface area contributed by atoms with E-state index in [0.717, 1.165) is 9.13 Å². The molecule has 2 aliphatic heterocycles. The van der Waals surface area contributed by atoms with Crippen LogP contribution < -0.4 is 5.32 Å². The zero-order valence-corrected chi connectivity index (χ0v) is 16.6. The highest BCUT2D eigenvalue weighted by atomic mass is 127. The lowest BCUT2D eigenvalue weighted by Crippen LogP contribution is -2.42. The van der Waals surface area contributed by atoms with Crippen LogP contribution in [0.2, 0.25) is 0 Å². The molecule has 2 heterocycles. The van der Waals surface area contributed by atoms with Crippen LogP contribution in [0.15, 0.2) is 23.3 Å². The maximum Gasteiger partial charge on any atom is 0.271 e. The minimum absolute atomic E-state index is 0.0559.